The number of hydrogen-bond donors (Lipinski definition) is 1. The van der Waals surface area contributed by atoms with Gasteiger partial charge in [0.05, 0.1) is 6.61 Å². The first-order valence-corrected chi connectivity index (χ1v) is 4.21. The van der Waals surface area contributed by atoms with Crippen LogP contribution in [0.25, 0.3) is 0 Å². The van der Waals surface area contributed by atoms with Crippen molar-refractivity contribution in [1.29, 1.82) is 0 Å². The molecule has 0 saturated heterocycles. The quantitative estimate of drug-likeness (QED) is 0.712. The summed E-state index contributed by atoms with van der Waals surface area (Å²) in [5, 5.41) is 9.27. The molecule has 0 bridgehead atoms. The molecule has 1 nitrogen and oxygen atoms in total. The van der Waals surface area contributed by atoms with E-state index in [-0.39, 0.29) is 6.61 Å². The molecule has 0 aliphatic heterocycles. The second-order valence-corrected chi connectivity index (χ2v) is 2.86. The first kappa shape index (κ1) is 9.30. The highest BCUT2D eigenvalue weighted by molar-refractivity contribution is 6.31. The lowest BCUT2D eigenvalue weighted by atomic mass is 10.1. The third-order valence-electron chi connectivity index (χ3n) is 1.57. The summed E-state index contributed by atoms with van der Waals surface area (Å²) in [4.78, 5) is 0. The van der Waals surface area contributed by atoms with Crippen LogP contribution in [0.5, 0.6) is 0 Å². The molecule has 0 aromatic heterocycles. The molecule has 0 saturated carbocycles. The number of rotatable bonds is 3. The number of allylic oxidation sites excluding steroid dienone is 1. The molecule has 1 aromatic carbocycles. The van der Waals surface area contributed by atoms with Crippen molar-refractivity contribution in [2.24, 2.45) is 0 Å². The van der Waals surface area contributed by atoms with Crippen LogP contribution in [0, 0.1) is 0 Å². The Morgan fingerprint density at radius 3 is 2.67 bits per heavy atom. The largest absolute Gasteiger partial charge is 0.392 e. The standard InChI is InChI=1S/C10H11ClO/c11-10-7-2-1-5-9(10)6-3-4-8-12/h1-5,7,12H,6,8H2/b4-3+. The first-order valence-electron chi connectivity index (χ1n) is 3.84. The van der Waals surface area contributed by atoms with E-state index < -0.39 is 0 Å². The monoisotopic (exact) mass is 182 g/mol. The van der Waals surface area contributed by atoms with Crippen LogP contribution in [0.4, 0.5) is 0 Å². The zero-order valence-electron chi connectivity index (χ0n) is 6.70. The molecule has 0 amide bonds. The van der Waals surface area contributed by atoms with Crippen LogP contribution >= 0.6 is 11.6 Å². The summed E-state index contributed by atoms with van der Waals surface area (Å²) in [5.74, 6) is 0. The third-order valence-corrected chi connectivity index (χ3v) is 1.94. The fourth-order valence-corrected chi connectivity index (χ4v) is 1.16. The lowest BCUT2D eigenvalue weighted by Gasteiger charge is -1.98. The van der Waals surface area contributed by atoms with E-state index in [2.05, 4.69) is 0 Å². The van der Waals surface area contributed by atoms with Gasteiger partial charge in [-0.3, -0.25) is 0 Å². The van der Waals surface area contributed by atoms with Crippen LogP contribution < -0.4 is 0 Å². The normalized spacial score (nSPS) is 10.8. The number of benzene rings is 1. The van der Waals surface area contributed by atoms with Gasteiger partial charge in [0.2, 0.25) is 0 Å². The van der Waals surface area contributed by atoms with E-state index in [4.69, 9.17) is 16.7 Å². The Labute approximate surface area is 77.3 Å². The zero-order valence-corrected chi connectivity index (χ0v) is 7.46. The predicted molar refractivity (Wildman–Crippen MR) is 51.4 cm³/mol. The summed E-state index contributed by atoms with van der Waals surface area (Å²) < 4.78 is 0. The van der Waals surface area contributed by atoms with Crippen LogP contribution in [-0.4, -0.2) is 11.7 Å². The number of hydrogen-bond acceptors (Lipinski definition) is 1. The van der Waals surface area contributed by atoms with Gasteiger partial charge in [0.1, 0.15) is 0 Å². The predicted octanol–water partition coefficient (Wildman–Crippen LogP) is 2.43. The highest BCUT2D eigenvalue weighted by Crippen LogP contribution is 2.15. The lowest BCUT2D eigenvalue weighted by molar-refractivity contribution is 0.342. The molecule has 0 radical (unpaired) electrons. The van der Waals surface area contributed by atoms with E-state index >= 15 is 0 Å². The summed E-state index contributed by atoms with van der Waals surface area (Å²) in [6, 6.07) is 7.70. The van der Waals surface area contributed by atoms with Crippen molar-refractivity contribution < 1.29 is 5.11 Å². The molecule has 1 N–H and O–H groups in total. The average Bonchev–Trinajstić information content (AvgIpc) is 2.09. The molecule has 0 spiro atoms. The van der Waals surface area contributed by atoms with Crippen molar-refractivity contribution in [3.05, 3.63) is 47.0 Å². The molecule has 0 aliphatic rings. The van der Waals surface area contributed by atoms with E-state index in [0.29, 0.717) is 0 Å². The molecule has 1 aromatic rings. The van der Waals surface area contributed by atoms with E-state index in [0.717, 1.165) is 17.0 Å². The number of halogens is 1. The Kier molecular flexibility index (Phi) is 3.85. The van der Waals surface area contributed by atoms with Gasteiger partial charge >= 0.3 is 0 Å². The summed E-state index contributed by atoms with van der Waals surface area (Å²) in [5.41, 5.74) is 1.09. The van der Waals surface area contributed by atoms with Crippen LogP contribution in [0.15, 0.2) is 36.4 Å². The zero-order chi connectivity index (χ0) is 8.81. The van der Waals surface area contributed by atoms with Gasteiger partial charge in [-0.15, -0.1) is 0 Å². The van der Waals surface area contributed by atoms with Crippen molar-refractivity contribution >= 4 is 11.6 Å². The van der Waals surface area contributed by atoms with Gasteiger partial charge in [0.25, 0.3) is 0 Å². The van der Waals surface area contributed by atoms with E-state index in [1.807, 2.05) is 30.3 Å². The molecule has 2 heteroatoms. The molecular formula is C10H11ClO. The Bertz CT molecular complexity index is 268. The van der Waals surface area contributed by atoms with Crippen LogP contribution in [0.3, 0.4) is 0 Å². The van der Waals surface area contributed by atoms with E-state index in [1.54, 1.807) is 6.08 Å². The summed E-state index contributed by atoms with van der Waals surface area (Å²) in [7, 11) is 0. The molecular weight excluding hydrogens is 172 g/mol. The van der Waals surface area contributed by atoms with Gasteiger partial charge in [0.15, 0.2) is 0 Å². The van der Waals surface area contributed by atoms with Crippen molar-refractivity contribution in [3.8, 4) is 0 Å². The maximum absolute atomic E-state index is 8.49. The fraction of sp³-hybridized carbons (Fsp3) is 0.200. The Hall–Kier alpha value is -0.790. The highest BCUT2D eigenvalue weighted by Gasteiger charge is 1.94. The molecule has 64 valence electrons. The van der Waals surface area contributed by atoms with Gasteiger partial charge < -0.3 is 5.11 Å². The molecule has 0 fully saturated rings. The van der Waals surface area contributed by atoms with Crippen LogP contribution in [0.1, 0.15) is 5.56 Å². The van der Waals surface area contributed by atoms with Crippen LogP contribution in [0.2, 0.25) is 5.02 Å². The van der Waals surface area contributed by atoms with Gasteiger partial charge in [-0.05, 0) is 18.1 Å². The Balaban J connectivity index is 2.63. The minimum absolute atomic E-state index is 0.0878. The molecule has 0 atom stereocenters. The molecule has 1 rings (SSSR count). The second-order valence-electron chi connectivity index (χ2n) is 2.45. The molecule has 0 heterocycles. The first-order chi connectivity index (χ1) is 5.84. The number of aliphatic hydroxyl groups excluding tert-OH is 1. The van der Waals surface area contributed by atoms with Gasteiger partial charge in [-0.25, -0.2) is 0 Å². The minimum atomic E-state index is 0.0878. The SMILES string of the molecule is OC/C=C/Cc1ccccc1Cl. The van der Waals surface area contributed by atoms with Crippen molar-refractivity contribution in [2.45, 2.75) is 6.42 Å². The minimum Gasteiger partial charge on any atom is -0.392 e. The summed E-state index contributed by atoms with van der Waals surface area (Å²) in [6.45, 7) is 0.0878. The third kappa shape index (κ3) is 2.68. The Morgan fingerprint density at radius 1 is 1.25 bits per heavy atom. The highest BCUT2D eigenvalue weighted by atomic mass is 35.5. The lowest BCUT2D eigenvalue weighted by Crippen LogP contribution is -1.82. The van der Waals surface area contributed by atoms with Crippen molar-refractivity contribution in [2.75, 3.05) is 6.61 Å². The maximum atomic E-state index is 8.49. The number of aliphatic hydroxyl groups is 1. The topological polar surface area (TPSA) is 20.2 Å². The van der Waals surface area contributed by atoms with E-state index in [1.165, 1.54) is 0 Å². The van der Waals surface area contributed by atoms with Crippen molar-refractivity contribution in [1.82, 2.24) is 0 Å². The van der Waals surface area contributed by atoms with Gasteiger partial charge in [-0.2, -0.15) is 0 Å². The van der Waals surface area contributed by atoms with Crippen LogP contribution in [-0.2, 0) is 6.42 Å². The van der Waals surface area contributed by atoms with Crippen molar-refractivity contribution in [3.63, 3.8) is 0 Å². The average molecular weight is 183 g/mol. The molecule has 0 unspecified atom stereocenters. The smallest absolute Gasteiger partial charge is 0.0612 e. The fourth-order valence-electron chi connectivity index (χ4n) is 0.949. The van der Waals surface area contributed by atoms with Gasteiger partial charge in [-0.1, -0.05) is 42.0 Å². The van der Waals surface area contributed by atoms with E-state index in [9.17, 15) is 0 Å². The summed E-state index contributed by atoms with van der Waals surface area (Å²) >= 11 is 5.91. The Morgan fingerprint density at radius 2 is 2.00 bits per heavy atom. The second kappa shape index (κ2) is 4.96. The summed E-state index contributed by atoms with van der Waals surface area (Å²) in [6.07, 6.45) is 4.39. The van der Waals surface area contributed by atoms with Gasteiger partial charge in [0, 0.05) is 5.02 Å². The molecule has 0 aliphatic carbocycles. The maximum Gasteiger partial charge on any atom is 0.0612 e. The molecule has 12 heavy (non-hydrogen) atoms.